The molecular formula is C23H13F3N2O. The Kier molecular flexibility index (Phi) is 3.87. The van der Waals surface area contributed by atoms with E-state index in [0.717, 1.165) is 16.8 Å². The predicted octanol–water partition coefficient (Wildman–Crippen LogP) is 6.73. The second-order valence-corrected chi connectivity index (χ2v) is 6.66. The molecule has 0 N–H and O–H groups in total. The van der Waals surface area contributed by atoms with E-state index in [-0.39, 0.29) is 11.3 Å². The van der Waals surface area contributed by atoms with E-state index in [1.807, 2.05) is 36.4 Å². The van der Waals surface area contributed by atoms with Gasteiger partial charge in [0.2, 0.25) is 0 Å². The molecule has 0 atom stereocenters. The van der Waals surface area contributed by atoms with Crippen LogP contribution in [0.1, 0.15) is 5.56 Å². The van der Waals surface area contributed by atoms with E-state index >= 15 is 0 Å². The highest BCUT2D eigenvalue weighted by Crippen LogP contribution is 2.40. The monoisotopic (exact) mass is 390 g/mol. The number of fused-ring (bicyclic) bond motifs is 2. The Bertz CT molecular complexity index is 1340. The van der Waals surface area contributed by atoms with Crippen molar-refractivity contribution in [1.82, 2.24) is 10.2 Å². The highest BCUT2D eigenvalue weighted by molar-refractivity contribution is 6.08. The molecule has 3 aromatic carbocycles. The second kappa shape index (κ2) is 6.44. The van der Waals surface area contributed by atoms with E-state index < -0.39 is 11.7 Å². The molecule has 0 spiro atoms. The molecule has 0 fully saturated rings. The maximum absolute atomic E-state index is 13.6. The molecule has 5 rings (SSSR count). The van der Waals surface area contributed by atoms with Crippen LogP contribution < -0.4 is 0 Å². The summed E-state index contributed by atoms with van der Waals surface area (Å²) in [5.74, 6) is 0.508. The summed E-state index contributed by atoms with van der Waals surface area (Å²) in [4.78, 5) is 0. The van der Waals surface area contributed by atoms with Gasteiger partial charge < -0.3 is 4.42 Å². The fourth-order valence-corrected chi connectivity index (χ4v) is 3.57. The molecule has 0 aliphatic rings. The van der Waals surface area contributed by atoms with Crippen LogP contribution in [-0.4, -0.2) is 10.2 Å². The predicted molar refractivity (Wildman–Crippen MR) is 105 cm³/mol. The molecule has 0 saturated carbocycles. The summed E-state index contributed by atoms with van der Waals surface area (Å²) in [6.07, 6.45) is -2.97. The van der Waals surface area contributed by atoms with Crippen molar-refractivity contribution >= 4 is 21.5 Å². The van der Waals surface area contributed by atoms with Gasteiger partial charge in [0.1, 0.15) is 11.4 Å². The fourth-order valence-electron chi connectivity index (χ4n) is 3.57. The molecule has 142 valence electrons. The molecular weight excluding hydrogens is 377 g/mol. The van der Waals surface area contributed by atoms with Crippen molar-refractivity contribution in [1.29, 1.82) is 0 Å². The Labute approximate surface area is 163 Å². The quantitative estimate of drug-likeness (QED) is 0.314. The van der Waals surface area contributed by atoms with Crippen LogP contribution in [0.2, 0.25) is 0 Å². The van der Waals surface area contributed by atoms with Crippen molar-refractivity contribution in [3.8, 4) is 22.7 Å². The van der Waals surface area contributed by atoms with Crippen molar-refractivity contribution in [2.75, 3.05) is 0 Å². The second-order valence-electron chi connectivity index (χ2n) is 6.66. The molecule has 5 aromatic rings. The molecule has 0 saturated heterocycles. The number of furan rings is 1. The summed E-state index contributed by atoms with van der Waals surface area (Å²) in [6.45, 7) is 0. The lowest BCUT2D eigenvalue weighted by Crippen LogP contribution is -2.08. The number of aromatic nitrogens is 2. The van der Waals surface area contributed by atoms with Crippen LogP contribution in [0, 0.1) is 0 Å². The molecule has 0 amide bonds. The molecule has 6 heteroatoms. The van der Waals surface area contributed by atoms with Gasteiger partial charge >= 0.3 is 6.18 Å². The topological polar surface area (TPSA) is 38.9 Å². The van der Waals surface area contributed by atoms with Crippen molar-refractivity contribution < 1.29 is 17.6 Å². The SMILES string of the molecule is FC(F)(F)c1ccccc1-c1nnc(-c2ccco2)c2cc3ccccc3cc12. The number of benzene rings is 3. The van der Waals surface area contributed by atoms with Crippen molar-refractivity contribution in [3.63, 3.8) is 0 Å². The van der Waals surface area contributed by atoms with E-state index in [2.05, 4.69) is 10.2 Å². The molecule has 0 aliphatic heterocycles. The van der Waals surface area contributed by atoms with Gasteiger partial charge in [-0.1, -0.05) is 42.5 Å². The maximum Gasteiger partial charge on any atom is 0.417 e. The summed E-state index contributed by atoms with van der Waals surface area (Å²) in [5, 5.41) is 11.6. The summed E-state index contributed by atoms with van der Waals surface area (Å²) >= 11 is 0. The average Bonchev–Trinajstić information content (AvgIpc) is 3.25. The van der Waals surface area contributed by atoms with Crippen LogP contribution in [0.15, 0.2) is 83.5 Å². The van der Waals surface area contributed by atoms with E-state index in [9.17, 15) is 13.2 Å². The normalized spacial score (nSPS) is 12.0. The van der Waals surface area contributed by atoms with E-state index in [1.165, 1.54) is 18.4 Å². The Morgan fingerprint density at radius 1 is 0.690 bits per heavy atom. The van der Waals surface area contributed by atoms with Crippen LogP contribution in [-0.2, 0) is 6.18 Å². The van der Waals surface area contributed by atoms with E-state index in [1.54, 1.807) is 18.2 Å². The zero-order chi connectivity index (χ0) is 20.0. The van der Waals surface area contributed by atoms with Crippen LogP contribution in [0.4, 0.5) is 13.2 Å². The lowest BCUT2D eigenvalue weighted by Gasteiger charge is -2.15. The summed E-state index contributed by atoms with van der Waals surface area (Å²) in [7, 11) is 0. The molecule has 29 heavy (non-hydrogen) atoms. The largest absolute Gasteiger partial charge is 0.463 e. The van der Waals surface area contributed by atoms with Crippen molar-refractivity contribution in [3.05, 3.63) is 84.6 Å². The third kappa shape index (κ3) is 2.93. The summed E-state index contributed by atoms with van der Waals surface area (Å²) < 4.78 is 46.4. The maximum atomic E-state index is 13.6. The van der Waals surface area contributed by atoms with E-state index in [0.29, 0.717) is 22.2 Å². The Morgan fingerprint density at radius 3 is 1.97 bits per heavy atom. The van der Waals surface area contributed by atoms with Gasteiger partial charge in [-0.25, -0.2) is 0 Å². The smallest absolute Gasteiger partial charge is 0.417 e. The number of hydrogen-bond acceptors (Lipinski definition) is 3. The minimum Gasteiger partial charge on any atom is -0.463 e. The van der Waals surface area contributed by atoms with Crippen molar-refractivity contribution in [2.45, 2.75) is 6.18 Å². The Hall–Kier alpha value is -3.67. The highest BCUT2D eigenvalue weighted by Gasteiger charge is 2.34. The highest BCUT2D eigenvalue weighted by atomic mass is 19.4. The summed E-state index contributed by atoms with van der Waals surface area (Å²) in [5.41, 5.74) is -0.0636. The van der Waals surface area contributed by atoms with Gasteiger partial charge in [0, 0.05) is 16.3 Å². The number of nitrogens with zero attached hydrogens (tertiary/aromatic N) is 2. The van der Waals surface area contributed by atoms with Gasteiger partial charge in [-0.15, -0.1) is 10.2 Å². The average molecular weight is 390 g/mol. The summed E-state index contributed by atoms with van der Waals surface area (Å²) in [6, 6.07) is 20.3. The first kappa shape index (κ1) is 17.4. The molecule has 2 aromatic heterocycles. The first-order valence-electron chi connectivity index (χ1n) is 8.92. The molecule has 0 aliphatic carbocycles. The van der Waals surface area contributed by atoms with Gasteiger partial charge in [0.15, 0.2) is 5.76 Å². The standard InChI is InChI=1S/C23H13F3N2O/c24-23(25,26)19-9-4-3-8-16(19)21-17-12-14-6-1-2-7-15(14)13-18(17)22(28-27-21)20-10-5-11-29-20/h1-13H. The number of rotatable bonds is 2. The van der Waals surface area contributed by atoms with Gasteiger partial charge in [-0.2, -0.15) is 13.2 Å². The minimum absolute atomic E-state index is 0.00113. The molecule has 0 bridgehead atoms. The van der Waals surface area contributed by atoms with Gasteiger partial charge in [-0.05, 0) is 41.1 Å². The number of halogens is 3. The zero-order valence-corrected chi connectivity index (χ0v) is 14.9. The minimum atomic E-state index is -4.50. The van der Waals surface area contributed by atoms with E-state index in [4.69, 9.17) is 4.42 Å². The van der Waals surface area contributed by atoms with Crippen LogP contribution in [0.3, 0.4) is 0 Å². The molecule has 3 nitrogen and oxygen atoms in total. The lowest BCUT2D eigenvalue weighted by atomic mass is 9.96. The molecule has 0 unspecified atom stereocenters. The van der Waals surface area contributed by atoms with Crippen LogP contribution >= 0.6 is 0 Å². The first-order chi connectivity index (χ1) is 14.0. The van der Waals surface area contributed by atoms with Gasteiger partial charge in [0.25, 0.3) is 0 Å². The van der Waals surface area contributed by atoms with Crippen LogP contribution in [0.25, 0.3) is 44.3 Å². The van der Waals surface area contributed by atoms with Crippen LogP contribution in [0.5, 0.6) is 0 Å². The fraction of sp³-hybridized carbons (Fsp3) is 0.0435. The number of alkyl halides is 3. The van der Waals surface area contributed by atoms with Gasteiger partial charge in [0.05, 0.1) is 11.8 Å². The lowest BCUT2D eigenvalue weighted by molar-refractivity contribution is -0.137. The Morgan fingerprint density at radius 2 is 1.31 bits per heavy atom. The third-order valence-corrected chi connectivity index (χ3v) is 4.89. The first-order valence-corrected chi connectivity index (χ1v) is 8.92. The number of hydrogen-bond donors (Lipinski definition) is 0. The zero-order valence-electron chi connectivity index (χ0n) is 14.9. The molecule has 0 radical (unpaired) electrons. The molecule has 2 heterocycles. The Balaban J connectivity index is 1.89. The van der Waals surface area contributed by atoms with Crippen molar-refractivity contribution in [2.24, 2.45) is 0 Å². The van der Waals surface area contributed by atoms with Gasteiger partial charge in [-0.3, -0.25) is 0 Å². The third-order valence-electron chi connectivity index (χ3n) is 4.89.